The van der Waals surface area contributed by atoms with Gasteiger partial charge in [0.1, 0.15) is 5.76 Å². The van der Waals surface area contributed by atoms with Crippen LogP contribution < -0.4 is 14.9 Å². The Kier molecular flexibility index (Phi) is 5.38. The molecule has 2 aromatic heterocycles. The molecule has 5 nitrogen and oxygen atoms in total. The second-order valence-corrected chi connectivity index (χ2v) is 9.15. The Morgan fingerprint density at radius 1 is 1.21 bits per heavy atom. The smallest absolute Gasteiger partial charge is 0.271 e. The van der Waals surface area contributed by atoms with E-state index < -0.39 is 0 Å². The van der Waals surface area contributed by atoms with E-state index in [1.807, 2.05) is 44.3 Å². The lowest BCUT2D eigenvalue weighted by Crippen LogP contribution is -2.38. The lowest BCUT2D eigenvalue weighted by molar-refractivity contribution is 0.233. The van der Waals surface area contributed by atoms with E-state index in [-0.39, 0.29) is 11.6 Å². The number of thiazole rings is 1. The maximum atomic E-state index is 13.7. The summed E-state index contributed by atoms with van der Waals surface area (Å²) in [6, 6.07) is 16.0. The monoisotopic (exact) mass is 455 g/mol. The molecule has 1 N–H and O–H groups in total. The van der Waals surface area contributed by atoms with E-state index in [1.165, 1.54) is 11.3 Å². The number of aromatic amines is 1. The fourth-order valence-corrected chi connectivity index (χ4v) is 5.39. The Labute approximate surface area is 195 Å². The molecule has 0 aliphatic carbocycles. The lowest BCUT2D eigenvalue weighted by Gasteiger charge is -2.27. The van der Waals surface area contributed by atoms with Crippen molar-refractivity contribution < 1.29 is 4.74 Å². The fourth-order valence-electron chi connectivity index (χ4n) is 4.35. The van der Waals surface area contributed by atoms with E-state index in [4.69, 9.17) is 9.73 Å². The highest BCUT2D eigenvalue weighted by Crippen LogP contribution is 2.34. The highest BCUT2D eigenvalue weighted by Gasteiger charge is 2.30. The van der Waals surface area contributed by atoms with Crippen LogP contribution in [0.15, 0.2) is 88.1 Å². The van der Waals surface area contributed by atoms with Gasteiger partial charge in [0.25, 0.3) is 5.56 Å². The van der Waals surface area contributed by atoms with Crippen molar-refractivity contribution in [2.45, 2.75) is 26.8 Å². The van der Waals surface area contributed by atoms with Crippen LogP contribution in [0, 0.1) is 6.92 Å². The molecule has 1 aliphatic rings. The quantitative estimate of drug-likeness (QED) is 0.448. The van der Waals surface area contributed by atoms with Crippen LogP contribution >= 0.6 is 11.3 Å². The third kappa shape index (κ3) is 3.66. The molecule has 1 unspecified atom stereocenters. The number of para-hydroxylation sites is 1. The minimum Gasteiger partial charge on any atom is -0.494 e. The average Bonchev–Trinajstić information content (AvgIpc) is 3.35. The van der Waals surface area contributed by atoms with Crippen molar-refractivity contribution in [1.29, 1.82) is 0 Å². The normalized spacial score (nSPS) is 16.1. The molecule has 166 valence electrons. The summed E-state index contributed by atoms with van der Waals surface area (Å²) < 4.78 is 8.21. The zero-order chi connectivity index (χ0) is 23.1. The average molecular weight is 456 g/mol. The van der Waals surface area contributed by atoms with Gasteiger partial charge in [-0.15, -0.1) is 0 Å². The number of nitrogens with one attached hydrogen (secondary N) is 1. The maximum Gasteiger partial charge on any atom is 0.271 e. The van der Waals surface area contributed by atoms with Crippen molar-refractivity contribution in [3.63, 3.8) is 0 Å². The third-order valence-electron chi connectivity index (χ3n) is 5.94. The Balaban J connectivity index is 1.74. The molecular weight excluding hydrogens is 430 g/mol. The van der Waals surface area contributed by atoms with Crippen LogP contribution in [0.5, 0.6) is 0 Å². The highest BCUT2D eigenvalue weighted by molar-refractivity contribution is 7.07. The van der Waals surface area contributed by atoms with Crippen molar-refractivity contribution in [3.8, 4) is 0 Å². The topological polar surface area (TPSA) is 59.4 Å². The number of hydrogen-bond acceptors (Lipinski definition) is 4. The molecule has 0 saturated carbocycles. The Morgan fingerprint density at radius 2 is 1.97 bits per heavy atom. The first kappa shape index (κ1) is 21.2. The Bertz CT molecular complexity index is 1580. The van der Waals surface area contributed by atoms with Crippen molar-refractivity contribution >= 4 is 28.3 Å². The summed E-state index contributed by atoms with van der Waals surface area (Å²) in [5.41, 5.74) is 5.79. The SMILES string of the molecule is C=C(OCC)C1=C(C)N=c2s/c(=C\c3c[nH]c4ccccc34)c(=O)n2C1c1ccc(C)cc1. The van der Waals surface area contributed by atoms with E-state index in [9.17, 15) is 4.79 Å². The van der Waals surface area contributed by atoms with Gasteiger partial charge in [-0.3, -0.25) is 9.36 Å². The van der Waals surface area contributed by atoms with E-state index in [0.29, 0.717) is 21.7 Å². The van der Waals surface area contributed by atoms with Gasteiger partial charge in [0, 0.05) is 33.9 Å². The van der Waals surface area contributed by atoms with Gasteiger partial charge in [0.05, 0.1) is 17.2 Å². The summed E-state index contributed by atoms with van der Waals surface area (Å²) in [6.45, 7) is 10.6. The van der Waals surface area contributed by atoms with E-state index >= 15 is 0 Å². The second kappa shape index (κ2) is 8.37. The first-order chi connectivity index (χ1) is 16.0. The number of allylic oxidation sites excluding steroid dienone is 2. The molecule has 0 amide bonds. The van der Waals surface area contributed by atoms with Gasteiger partial charge in [0.15, 0.2) is 4.80 Å². The molecule has 5 rings (SSSR count). The molecule has 6 heteroatoms. The van der Waals surface area contributed by atoms with Crippen molar-refractivity contribution in [3.05, 3.63) is 115 Å². The number of aryl methyl sites for hydroxylation is 1. The molecule has 2 aromatic carbocycles. The summed E-state index contributed by atoms with van der Waals surface area (Å²) in [7, 11) is 0. The molecule has 33 heavy (non-hydrogen) atoms. The first-order valence-corrected chi connectivity index (χ1v) is 11.8. The van der Waals surface area contributed by atoms with Crippen LogP contribution in [-0.2, 0) is 4.74 Å². The standard InChI is InChI=1S/C27H25N3O2S/c1-5-32-18(4)24-17(3)29-27-30(25(24)19-12-10-16(2)11-13-19)26(31)23(33-27)14-20-15-28-22-9-7-6-8-21(20)22/h6-15,25,28H,4-5H2,1-3H3/b23-14-. The molecule has 0 saturated heterocycles. The number of nitrogens with zero attached hydrogens (tertiary/aromatic N) is 2. The summed E-state index contributed by atoms with van der Waals surface area (Å²) in [5, 5.41) is 1.08. The minimum absolute atomic E-state index is 0.0658. The summed E-state index contributed by atoms with van der Waals surface area (Å²) in [5.74, 6) is 0.551. The predicted molar refractivity (Wildman–Crippen MR) is 134 cm³/mol. The molecule has 3 heterocycles. The van der Waals surface area contributed by atoms with E-state index in [1.54, 1.807) is 4.57 Å². The van der Waals surface area contributed by atoms with Gasteiger partial charge >= 0.3 is 0 Å². The van der Waals surface area contributed by atoms with Crippen molar-refractivity contribution in [2.24, 2.45) is 4.99 Å². The second-order valence-electron chi connectivity index (χ2n) is 8.14. The van der Waals surface area contributed by atoms with Crippen LogP contribution in [0.25, 0.3) is 17.0 Å². The number of benzene rings is 2. The molecule has 0 bridgehead atoms. The summed E-state index contributed by atoms with van der Waals surface area (Å²) in [6.07, 6.45) is 3.89. The molecule has 0 radical (unpaired) electrons. The molecule has 4 aromatic rings. The van der Waals surface area contributed by atoms with Crippen molar-refractivity contribution in [2.75, 3.05) is 6.61 Å². The van der Waals surface area contributed by atoms with E-state index in [2.05, 4.69) is 48.8 Å². The number of rotatable bonds is 5. The summed E-state index contributed by atoms with van der Waals surface area (Å²) in [4.78, 5) is 22.5. The zero-order valence-electron chi connectivity index (χ0n) is 18.9. The lowest BCUT2D eigenvalue weighted by atomic mass is 9.94. The van der Waals surface area contributed by atoms with Crippen LogP contribution in [-0.4, -0.2) is 16.2 Å². The number of H-pyrrole nitrogens is 1. The number of aromatic nitrogens is 2. The molecular formula is C27H25N3O2S. The van der Waals surface area contributed by atoms with Crippen LogP contribution in [0.1, 0.15) is 36.6 Å². The Hall–Kier alpha value is -3.64. The summed E-state index contributed by atoms with van der Waals surface area (Å²) >= 11 is 1.41. The minimum atomic E-state index is -0.342. The Morgan fingerprint density at radius 3 is 2.73 bits per heavy atom. The number of ether oxygens (including phenoxy) is 1. The maximum absolute atomic E-state index is 13.7. The predicted octanol–water partition coefficient (Wildman–Crippen LogP) is 4.58. The van der Waals surface area contributed by atoms with Crippen molar-refractivity contribution in [1.82, 2.24) is 9.55 Å². The molecule has 1 aliphatic heterocycles. The van der Waals surface area contributed by atoms with Gasteiger partial charge in [-0.25, -0.2) is 4.99 Å². The van der Waals surface area contributed by atoms with Gasteiger partial charge < -0.3 is 9.72 Å². The third-order valence-corrected chi connectivity index (χ3v) is 6.92. The van der Waals surface area contributed by atoms with Gasteiger partial charge in [-0.2, -0.15) is 0 Å². The number of fused-ring (bicyclic) bond motifs is 2. The molecule has 1 atom stereocenters. The fraction of sp³-hybridized carbons (Fsp3) is 0.185. The molecule has 0 spiro atoms. The number of hydrogen-bond donors (Lipinski definition) is 1. The zero-order valence-corrected chi connectivity index (χ0v) is 19.7. The van der Waals surface area contributed by atoms with E-state index in [0.717, 1.165) is 38.9 Å². The van der Waals surface area contributed by atoms with Gasteiger partial charge in [-0.1, -0.05) is 65.9 Å². The highest BCUT2D eigenvalue weighted by atomic mass is 32.1. The van der Waals surface area contributed by atoms with Gasteiger partial charge in [0.2, 0.25) is 0 Å². The largest absolute Gasteiger partial charge is 0.494 e. The molecule has 0 fully saturated rings. The van der Waals surface area contributed by atoms with Gasteiger partial charge in [-0.05, 0) is 38.5 Å². The van der Waals surface area contributed by atoms with Crippen LogP contribution in [0.4, 0.5) is 0 Å². The van der Waals surface area contributed by atoms with Crippen LogP contribution in [0.2, 0.25) is 0 Å². The first-order valence-electron chi connectivity index (χ1n) is 10.9. The van der Waals surface area contributed by atoms with Crippen LogP contribution in [0.3, 0.4) is 0 Å².